The smallest absolute Gasteiger partial charge is 0.356 e. The third-order valence-electron chi connectivity index (χ3n) is 2.85. The van der Waals surface area contributed by atoms with Crippen LogP contribution in [0.3, 0.4) is 0 Å². The molecule has 0 aromatic carbocycles. The van der Waals surface area contributed by atoms with Gasteiger partial charge in [-0.15, -0.1) is 0 Å². The molecule has 0 spiro atoms. The van der Waals surface area contributed by atoms with Gasteiger partial charge in [0.25, 0.3) is 0 Å². The van der Waals surface area contributed by atoms with Gasteiger partial charge in [-0.1, -0.05) is 12.8 Å². The molecule has 5 heteroatoms. The monoisotopic (exact) mass is 221 g/mol. The fourth-order valence-electron chi connectivity index (χ4n) is 1.94. The average Bonchev–Trinajstić information content (AvgIpc) is 2.80. The predicted molar refractivity (Wildman–Crippen MR) is 58.1 cm³/mol. The van der Waals surface area contributed by atoms with Gasteiger partial charge >= 0.3 is 5.97 Å². The zero-order valence-corrected chi connectivity index (χ0v) is 9.02. The van der Waals surface area contributed by atoms with Crippen LogP contribution in [0.5, 0.6) is 0 Å². The number of carboxylic acids is 1. The van der Waals surface area contributed by atoms with Crippen LogP contribution in [0.15, 0.2) is 12.4 Å². The molecule has 16 heavy (non-hydrogen) atoms. The second-order valence-corrected chi connectivity index (χ2v) is 4.06. The SMILES string of the molecule is O=C(O)c1cnc(CNC2CCCC2)cn1. The first-order valence-corrected chi connectivity index (χ1v) is 5.53. The molecule has 1 aromatic heterocycles. The minimum atomic E-state index is -1.04. The first-order valence-electron chi connectivity index (χ1n) is 5.53. The van der Waals surface area contributed by atoms with E-state index in [4.69, 9.17) is 5.11 Å². The van der Waals surface area contributed by atoms with Crippen molar-refractivity contribution < 1.29 is 9.90 Å². The van der Waals surface area contributed by atoms with Gasteiger partial charge in [0.2, 0.25) is 0 Å². The van der Waals surface area contributed by atoms with E-state index in [-0.39, 0.29) is 5.69 Å². The maximum Gasteiger partial charge on any atom is 0.356 e. The normalized spacial score (nSPS) is 16.5. The van der Waals surface area contributed by atoms with Crippen molar-refractivity contribution in [1.82, 2.24) is 15.3 Å². The summed E-state index contributed by atoms with van der Waals surface area (Å²) in [6.07, 6.45) is 7.85. The largest absolute Gasteiger partial charge is 0.476 e. The molecular weight excluding hydrogens is 206 g/mol. The van der Waals surface area contributed by atoms with Gasteiger partial charge in [-0.05, 0) is 12.8 Å². The first kappa shape index (κ1) is 11.0. The molecule has 2 rings (SSSR count). The van der Waals surface area contributed by atoms with E-state index in [1.165, 1.54) is 38.1 Å². The van der Waals surface area contributed by atoms with Crippen LogP contribution in [0.4, 0.5) is 0 Å². The van der Waals surface area contributed by atoms with Crippen molar-refractivity contribution in [2.75, 3.05) is 0 Å². The third-order valence-corrected chi connectivity index (χ3v) is 2.85. The van der Waals surface area contributed by atoms with E-state index in [1.54, 1.807) is 0 Å². The molecule has 1 aliphatic carbocycles. The third kappa shape index (κ3) is 2.76. The van der Waals surface area contributed by atoms with E-state index in [0.29, 0.717) is 12.6 Å². The zero-order chi connectivity index (χ0) is 11.4. The summed E-state index contributed by atoms with van der Waals surface area (Å²) >= 11 is 0. The van der Waals surface area contributed by atoms with E-state index >= 15 is 0 Å². The summed E-state index contributed by atoms with van der Waals surface area (Å²) in [5, 5.41) is 12.1. The predicted octanol–water partition coefficient (Wildman–Crippen LogP) is 1.21. The van der Waals surface area contributed by atoms with Crippen molar-refractivity contribution in [1.29, 1.82) is 0 Å². The Balaban J connectivity index is 1.87. The lowest BCUT2D eigenvalue weighted by Crippen LogP contribution is -2.25. The number of aromatic nitrogens is 2. The fraction of sp³-hybridized carbons (Fsp3) is 0.545. The number of carboxylic acid groups (broad SMARTS) is 1. The Morgan fingerprint density at radius 3 is 2.69 bits per heavy atom. The van der Waals surface area contributed by atoms with Crippen LogP contribution in [0.1, 0.15) is 41.9 Å². The highest BCUT2D eigenvalue weighted by atomic mass is 16.4. The standard InChI is InChI=1S/C11H15N3O2/c15-11(16)10-7-13-9(6-14-10)5-12-8-3-1-2-4-8/h6-8,12H,1-5H2,(H,15,16). The molecule has 0 bridgehead atoms. The van der Waals surface area contributed by atoms with Gasteiger partial charge in [0.15, 0.2) is 5.69 Å². The van der Waals surface area contributed by atoms with Gasteiger partial charge in [-0.3, -0.25) is 4.98 Å². The van der Waals surface area contributed by atoms with Gasteiger partial charge in [-0.25, -0.2) is 9.78 Å². The quantitative estimate of drug-likeness (QED) is 0.799. The average molecular weight is 221 g/mol. The Kier molecular flexibility index (Phi) is 3.46. The highest BCUT2D eigenvalue weighted by Gasteiger charge is 2.14. The molecule has 1 fully saturated rings. The van der Waals surface area contributed by atoms with Crippen molar-refractivity contribution in [3.8, 4) is 0 Å². The molecule has 0 unspecified atom stereocenters. The van der Waals surface area contributed by atoms with Crippen LogP contribution in [0, 0.1) is 0 Å². The number of nitrogens with zero attached hydrogens (tertiary/aromatic N) is 2. The van der Waals surface area contributed by atoms with Crippen molar-refractivity contribution >= 4 is 5.97 Å². The molecule has 5 nitrogen and oxygen atoms in total. The van der Waals surface area contributed by atoms with Crippen molar-refractivity contribution in [3.05, 3.63) is 23.8 Å². The molecule has 1 aromatic rings. The Morgan fingerprint density at radius 1 is 1.38 bits per heavy atom. The summed E-state index contributed by atoms with van der Waals surface area (Å²) in [7, 11) is 0. The van der Waals surface area contributed by atoms with Crippen LogP contribution in [-0.2, 0) is 6.54 Å². The number of aromatic carboxylic acids is 1. The second kappa shape index (κ2) is 5.03. The van der Waals surface area contributed by atoms with Crippen LogP contribution in [-0.4, -0.2) is 27.1 Å². The van der Waals surface area contributed by atoms with Gasteiger partial charge in [0.05, 0.1) is 18.1 Å². The second-order valence-electron chi connectivity index (χ2n) is 4.06. The summed E-state index contributed by atoms with van der Waals surface area (Å²) < 4.78 is 0. The molecule has 0 aliphatic heterocycles. The van der Waals surface area contributed by atoms with Gasteiger partial charge in [0.1, 0.15) is 0 Å². The molecule has 1 saturated carbocycles. The summed E-state index contributed by atoms with van der Waals surface area (Å²) in [5.41, 5.74) is 0.779. The van der Waals surface area contributed by atoms with E-state index in [0.717, 1.165) is 5.69 Å². The lowest BCUT2D eigenvalue weighted by Gasteiger charge is -2.10. The Hall–Kier alpha value is -1.49. The molecule has 1 heterocycles. The van der Waals surface area contributed by atoms with Crippen LogP contribution < -0.4 is 5.32 Å². The summed E-state index contributed by atoms with van der Waals surface area (Å²) in [5.74, 6) is -1.04. The fourth-order valence-corrected chi connectivity index (χ4v) is 1.94. The Bertz CT molecular complexity index is 358. The topological polar surface area (TPSA) is 75.1 Å². The van der Waals surface area contributed by atoms with Crippen LogP contribution in [0.2, 0.25) is 0 Å². The number of hydrogen-bond donors (Lipinski definition) is 2. The number of carbonyl (C=O) groups is 1. The van der Waals surface area contributed by atoms with Crippen LogP contribution >= 0.6 is 0 Å². The van der Waals surface area contributed by atoms with Crippen LogP contribution in [0.25, 0.3) is 0 Å². The molecule has 2 N–H and O–H groups in total. The summed E-state index contributed by atoms with van der Waals surface area (Å²) in [4.78, 5) is 18.4. The molecular formula is C11H15N3O2. The minimum absolute atomic E-state index is 0.00961. The van der Waals surface area contributed by atoms with Crippen molar-refractivity contribution in [3.63, 3.8) is 0 Å². The lowest BCUT2D eigenvalue weighted by molar-refractivity contribution is 0.0690. The van der Waals surface area contributed by atoms with E-state index in [1.807, 2.05) is 0 Å². The van der Waals surface area contributed by atoms with Crippen molar-refractivity contribution in [2.24, 2.45) is 0 Å². The zero-order valence-electron chi connectivity index (χ0n) is 9.02. The van der Waals surface area contributed by atoms with E-state index in [9.17, 15) is 4.79 Å². The highest BCUT2D eigenvalue weighted by Crippen LogP contribution is 2.17. The van der Waals surface area contributed by atoms with Gasteiger partial charge in [-0.2, -0.15) is 0 Å². The minimum Gasteiger partial charge on any atom is -0.476 e. The van der Waals surface area contributed by atoms with E-state index < -0.39 is 5.97 Å². The molecule has 0 amide bonds. The summed E-state index contributed by atoms with van der Waals surface area (Å²) in [6.45, 7) is 0.664. The molecule has 1 aliphatic rings. The maximum absolute atomic E-state index is 10.6. The molecule has 86 valence electrons. The highest BCUT2D eigenvalue weighted by molar-refractivity contribution is 5.84. The van der Waals surface area contributed by atoms with Gasteiger partial charge in [0, 0.05) is 12.6 Å². The molecule has 0 saturated heterocycles. The van der Waals surface area contributed by atoms with Gasteiger partial charge < -0.3 is 10.4 Å². The number of rotatable bonds is 4. The Morgan fingerprint density at radius 2 is 2.12 bits per heavy atom. The van der Waals surface area contributed by atoms with E-state index in [2.05, 4.69) is 15.3 Å². The lowest BCUT2D eigenvalue weighted by atomic mass is 10.2. The number of nitrogens with one attached hydrogen (secondary N) is 1. The molecule has 0 radical (unpaired) electrons. The number of hydrogen-bond acceptors (Lipinski definition) is 4. The maximum atomic E-state index is 10.6. The first-order chi connectivity index (χ1) is 7.75. The Labute approximate surface area is 93.9 Å². The van der Waals surface area contributed by atoms with Crippen molar-refractivity contribution in [2.45, 2.75) is 38.3 Å². The molecule has 0 atom stereocenters. The summed E-state index contributed by atoms with van der Waals surface area (Å²) in [6, 6.07) is 0.584.